The van der Waals surface area contributed by atoms with Crippen molar-refractivity contribution < 1.29 is 13.2 Å². The van der Waals surface area contributed by atoms with E-state index in [4.69, 9.17) is 11.6 Å². The molecule has 112 valence electrons. The van der Waals surface area contributed by atoms with E-state index in [1.54, 1.807) is 0 Å². The molecule has 0 amide bonds. The summed E-state index contributed by atoms with van der Waals surface area (Å²) in [5.74, 6) is 0.419. The molecule has 1 atom stereocenters. The van der Waals surface area contributed by atoms with E-state index in [0.717, 1.165) is 18.7 Å². The second-order valence-electron chi connectivity index (χ2n) is 5.41. The molecule has 6 heteroatoms. The fraction of sp³-hybridized carbons (Fsp3) is 0.571. The van der Waals surface area contributed by atoms with Gasteiger partial charge in [0.1, 0.15) is 0 Å². The first-order valence-corrected chi connectivity index (χ1v) is 7.02. The maximum atomic E-state index is 12.8. The van der Waals surface area contributed by atoms with Gasteiger partial charge >= 0.3 is 6.18 Å². The summed E-state index contributed by atoms with van der Waals surface area (Å²) in [5.41, 5.74) is -0.190. The van der Waals surface area contributed by atoms with Crippen molar-refractivity contribution in [3.05, 3.63) is 28.8 Å². The minimum absolute atomic E-state index is 0.259. The molecule has 0 radical (unpaired) electrons. The Hall–Kier alpha value is -0.940. The minimum atomic E-state index is -4.34. The van der Waals surface area contributed by atoms with Crippen molar-refractivity contribution in [1.29, 1.82) is 0 Å². The highest BCUT2D eigenvalue weighted by molar-refractivity contribution is 6.33. The molecule has 1 aromatic rings. The number of nitrogens with zero attached hydrogens (tertiary/aromatic N) is 1. The monoisotopic (exact) mass is 306 g/mol. The minimum Gasteiger partial charge on any atom is -0.367 e. The first kappa shape index (κ1) is 15.4. The molecule has 1 N–H and O–H groups in total. The zero-order valence-electron chi connectivity index (χ0n) is 11.5. The van der Waals surface area contributed by atoms with Crippen molar-refractivity contribution in [2.24, 2.45) is 5.92 Å². The Morgan fingerprint density at radius 3 is 2.65 bits per heavy atom. The maximum Gasteiger partial charge on any atom is 0.416 e. The highest BCUT2D eigenvalue weighted by Crippen LogP contribution is 2.35. The third kappa shape index (κ3) is 3.38. The molecule has 0 saturated carbocycles. The van der Waals surface area contributed by atoms with Gasteiger partial charge in [-0.1, -0.05) is 25.4 Å². The van der Waals surface area contributed by atoms with Gasteiger partial charge in [0.05, 0.1) is 16.3 Å². The van der Waals surface area contributed by atoms with Crippen LogP contribution in [0.5, 0.6) is 0 Å². The summed E-state index contributed by atoms with van der Waals surface area (Å²) < 4.78 is 38.4. The fourth-order valence-electron chi connectivity index (χ4n) is 2.37. The number of piperazine rings is 1. The van der Waals surface area contributed by atoms with Gasteiger partial charge < -0.3 is 10.2 Å². The molecule has 1 heterocycles. The number of rotatable bonds is 2. The van der Waals surface area contributed by atoms with Crippen molar-refractivity contribution in [1.82, 2.24) is 5.32 Å². The largest absolute Gasteiger partial charge is 0.416 e. The maximum absolute atomic E-state index is 12.8. The quantitative estimate of drug-likeness (QED) is 0.894. The van der Waals surface area contributed by atoms with E-state index in [2.05, 4.69) is 19.2 Å². The van der Waals surface area contributed by atoms with E-state index in [9.17, 15) is 13.2 Å². The summed E-state index contributed by atoms with van der Waals surface area (Å²) in [4.78, 5) is 1.93. The molecular weight excluding hydrogens is 289 g/mol. The molecule has 1 aliphatic heterocycles. The number of anilines is 1. The van der Waals surface area contributed by atoms with Crippen LogP contribution in [-0.2, 0) is 6.18 Å². The van der Waals surface area contributed by atoms with Gasteiger partial charge in [-0.2, -0.15) is 13.2 Å². The Labute approximate surface area is 121 Å². The van der Waals surface area contributed by atoms with Crippen molar-refractivity contribution in [3.8, 4) is 0 Å². The Morgan fingerprint density at radius 2 is 2.05 bits per heavy atom. The summed E-state index contributed by atoms with van der Waals surface area (Å²) in [6.45, 7) is 6.25. The predicted octanol–water partition coefficient (Wildman–Crippen LogP) is 3.79. The molecule has 0 spiro atoms. The fourth-order valence-corrected chi connectivity index (χ4v) is 2.61. The third-order valence-electron chi connectivity index (χ3n) is 3.62. The molecule has 20 heavy (non-hydrogen) atoms. The van der Waals surface area contributed by atoms with E-state index in [-0.39, 0.29) is 6.04 Å². The molecule has 1 aromatic carbocycles. The van der Waals surface area contributed by atoms with Crippen LogP contribution in [-0.4, -0.2) is 25.7 Å². The van der Waals surface area contributed by atoms with Crippen molar-refractivity contribution in [3.63, 3.8) is 0 Å². The van der Waals surface area contributed by atoms with Crippen molar-refractivity contribution >= 4 is 17.3 Å². The zero-order chi connectivity index (χ0) is 14.9. The van der Waals surface area contributed by atoms with Crippen LogP contribution in [0.4, 0.5) is 18.9 Å². The van der Waals surface area contributed by atoms with Gasteiger partial charge in [-0.3, -0.25) is 0 Å². The van der Waals surface area contributed by atoms with Gasteiger partial charge in [0, 0.05) is 25.7 Å². The van der Waals surface area contributed by atoms with Crippen molar-refractivity contribution in [2.75, 3.05) is 24.5 Å². The van der Waals surface area contributed by atoms with Gasteiger partial charge in [0.25, 0.3) is 0 Å². The summed E-state index contributed by atoms with van der Waals surface area (Å²) in [5, 5.41) is 3.74. The summed E-state index contributed by atoms with van der Waals surface area (Å²) in [7, 11) is 0. The smallest absolute Gasteiger partial charge is 0.367 e. The van der Waals surface area contributed by atoms with Gasteiger partial charge in [-0.05, 0) is 24.1 Å². The Kier molecular flexibility index (Phi) is 4.49. The second kappa shape index (κ2) is 5.82. The highest BCUT2D eigenvalue weighted by Gasteiger charge is 2.32. The second-order valence-corrected chi connectivity index (χ2v) is 5.82. The molecule has 0 aliphatic carbocycles. The number of halogens is 4. The van der Waals surface area contributed by atoms with E-state index >= 15 is 0 Å². The average Bonchev–Trinajstić information content (AvgIpc) is 2.38. The first-order valence-electron chi connectivity index (χ1n) is 6.64. The highest BCUT2D eigenvalue weighted by atomic mass is 35.5. The van der Waals surface area contributed by atoms with Crippen LogP contribution in [0.15, 0.2) is 18.2 Å². The van der Waals surface area contributed by atoms with Crippen LogP contribution in [0.1, 0.15) is 19.4 Å². The van der Waals surface area contributed by atoms with Crippen molar-refractivity contribution in [2.45, 2.75) is 26.1 Å². The van der Waals surface area contributed by atoms with Crippen LogP contribution < -0.4 is 10.2 Å². The SMILES string of the molecule is CC(C)C1CN(c2cc(C(F)(F)F)ccc2Cl)CCN1. The summed E-state index contributed by atoms with van der Waals surface area (Å²) in [6, 6.07) is 3.75. The number of alkyl halides is 3. The van der Waals surface area contributed by atoms with Gasteiger partial charge in [-0.25, -0.2) is 0 Å². The van der Waals surface area contributed by atoms with E-state index < -0.39 is 11.7 Å². The third-order valence-corrected chi connectivity index (χ3v) is 3.94. The van der Waals surface area contributed by atoms with E-state index in [0.29, 0.717) is 29.7 Å². The normalized spacial score (nSPS) is 20.6. The van der Waals surface area contributed by atoms with Gasteiger partial charge in [0.2, 0.25) is 0 Å². The summed E-state index contributed by atoms with van der Waals surface area (Å²) >= 11 is 6.08. The predicted molar refractivity (Wildman–Crippen MR) is 75.3 cm³/mol. The molecule has 0 aromatic heterocycles. The lowest BCUT2D eigenvalue weighted by Crippen LogP contribution is -2.53. The standard InChI is InChI=1S/C14H18ClF3N2/c1-9(2)12-8-20(6-5-19-12)13-7-10(14(16,17)18)3-4-11(13)15/h3-4,7,9,12,19H,5-6,8H2,1-2H3. The number of hydrogen-bond acceptors (Lipinski definition) is 2. The lowest BCUT2D eigenvalue weighted by Gasteiger charge is -2.37. The molecule has 2 nitrogen and oxygen atoms in total. The van der Waals surface area contributed by atoms with Crippen LogP contribution >= 0.6 is 11.6 Å². The lowest BCUT2D eigenvalue weighted by molar-refractivity contribution is -0.137. The van der Waals surface area contributed by atoms with Gasteiger partial charge in [0.15, 0.2) is 0 Å². The molecule has 1 saturated heterocycles. The molecule has 1 fully saturated rings. The number of hydrogen-bond donors (Lipinski definition) is 1. The Morgan fingerprint density at radius 1 is 1.35 bits per heavy atom. The van der Waals surface area contributed by atoms with Crippen LogP contribution in [0, 0.1) is 5.92 Å². The van der Waals surface area contributed by atoms with Crippen LogP contribution in [0.3, 0.4) is 0 Å². The molecule has 1 aliphatic rings. The number of nitrogens with one attached hydrogen (secondary N) is 1. The summed E-state index contributed by atoms with van der Waals surface area (Å²) in [6.07, 6.45) is -4.34. The van der Waals surface area contributed by atoms with Crippen LogP contribution in [0.2, 0.25) is 5.02 Å². The topological polar surface area (TPSA) is 15.3 Å². The number of benzene rings is 1. The zero-order valence-corrected chi connectivity index (χ0v) is 12.2. The molecule has 0 bridgehead atoms. The first-order chi connectivity index (χ1) is 9.29. The van der Waals surface area contributed by atoms with E-state index in [1.165, 1.54) is 6.07 Å². The lowest BCUT2D eigenvalue weighted by atomic mass is 10.0. The molecule has 1 unspecified atom stereocenters. The van der Waals surface area contributed by atoms with Crippen LogP contribution in [0.25, 0.3) is 0 Å². The Balaban J connectivity index is 2.27. The van der Waals surface area contributed by atoms with E-state index in [1.807, 2.05) is 4.90 Å². The average molecular weight is 307 g/mol. The molecular formula is C14H18ClF3N2. The van der Waals surface area contributed by atoms with Gasteiger partial charge in [-0.15, -0.1) is 0 Å². The Bertz CT molecular complexity index is 474. The molecule has 2 rings (SSSR count).